The predicted molar refractivity (Wildman–Crippen MR) is 79.3 cm³/mol. The first kappa shape index (κ1) is 15.0. The number of nitrogens with two attached hydrogens (primary N) is 1. The molecule has 1 aromatic carbocycles. The van der Waals surface area contributed by atoms with Crippen LogP contribution < -0.4 is 5.73 Å². The van der Waals surface area contributed by atoms with Crippen molar-refractivity contribution in [1.82, 2.24) is 4.90 Å². The Morgan fingerprint density at radius 1 is 1.30 bits per heavy atom. The first-order valence-electron chi connectivity index (χ1n) is 7.22. The van der Waals surface area contributed by atoms with E-state index in [0.29, 0.717) is 23.9 Å². The van der Waals surface area contributed by atoms with Crippen LogP contribution in [0.25, 0.3) is 0 Å². The molecule has 1 saturated heterocycles. The van der Waals surface area contributed by atoms with Gasteiger partial charge in [-0.25, -0.2) is 4.79 Å². The molecule has 0 spiro atoms. The lowest BCUT2D eigenvalue weighted by Crippen LogP contribution is -2.55. The summed E-state index contributed by atoms with van der Waals surface area (Å²) in [6, 6.07) is 9.13. The van der Waals surface area contributed by atoms with E-state index in [9.17, 15) is 9.90 Å². The van der Waals surface area contributed by atoms with E-state index >= 15 is 0 Å². The van der Waals surface area contributed by atoms with Gasteiger partial charge in [0.05, 0.1) is 0 Å². The van der Waals surface area contributed by atoms with E-state index in [0.717, 1.165) is 13.1 Å². The normalized spacial score (nSPS) is 26.9. The number of piperidine rings is 1. The van der Waals surface area contributed by atoms with Gasteiger partial charge in [-0.15, -0.1) is 0 Å². The summed E-state index contributed by atoms with van der Waals surface area (Å²) in [5, 5.41) is 9.60. The predicted octanol–water partition coefficient (Wildman–Crippen LogP) is 1.90. The second-order valence-electron chi connectivity index (χ2n) is 6.28. The monoisotopic (exact) mass is 276 g/mol. The molecule has 0 bridgehead atoms. The van der Waals surface area contributed by atoms with E-state index in [1.54, 1.807) is 12.1 Å². The van der Waals surface area contributed by atoms with Gasteiger partial charge in [0, 0.05) is 19.6 Å². The maximum atomic E-state index is 11.7. The van der Waals surface area contributed by atoms with Crippen molar-refractivity contribution in [3.63, 3.8) is 0 Å². The molecule has 3 N–H and O–H groups in total. The Balaban J connectivity index is 2.20. The second-order valence-corrected chi connectivity index (χ2v) is 6.28. The molecular weight excluding hydrogens is 252 g/mol. The van der Waals surface area contributed by atoms with E-state index in [1.807, 2.05) is 18.2 Å². The molecule has 4 heteroatoms. The molecule has 0 aliphatic carbocycles. The van der Waals surface area contributed by atoms with Gasteiger partial charge in [-0.3, -0.25) is 0 Å². The number of likely N-dealkylation sites (tertiary alicyclic amines) is 1. The first-order chi connectivity index (χ1) is 9.41. The summed E-state index contributed by atoms with van der Waals surface area (Å²) >= 11 is 0. The SMILES string of the molecule is CC1CC(C)CN(CC(N)(C(=O)O)c2ccccc2)C1. The van der Waals surface area contributed by atoms with Gasteiger partial charge in [0.2, 0.25) is 0 Å². The van der Waals surface area contributed by atoms with Crippen LogP contribution >= 0.6 is 0 Å². The molecule has 1 heterocycles. The van der Waals surface area contributed by atoms with Crippen LogP contribution in [0.2, 0.25) is 0 Å². The zero-order chi connectivity index (χ0) is 14.8. The first-order valence-corrected chi connectivity index (χ1v) is 7.22. The van der Waals surface area contributed by atoms with Crippen LogP contribution in [0.3, 0.4) is 0 Å². The Kier molecular flexibility index (Phi) is 4.45. The average molecular weight is 276 g/mol. The maximum Gasteiger partial charge on any atom is 0.329 e. The van der Waals surface area contributed by atoms with Crippen LogP contribution in [0.1, 0.15) is 25.8 Å². The lowest BCUT2D eigenvalue weighted by Gasteiger charge is -2.39. The van der Waals surface area contributed by atoms with E-state index in [4.69, 9.17) is 5.73 Å². The standard InChI is InChI=1S/C16H24N2O2/c1-12-8-13(2)10-18(9-12)11-16(17,15(19)20)14-6-4-3-5-7-14/h3-7,12-13H,8-11,17H2,1-2H3,(H,19,20). The van der Waals surface area contributed by atoms with Crippen molar-refractivity contribution in [3.8, 4) is 0 Å². The fourth-order valence-corrected chi connectivity index (χ4v) is 3.29. The Hall–Kier alpha value is -1.39. The molecule has 110 valence electrons. The molecule has 20 heavy (non-hydrogen) atoms. The molecule has 0 saturated carbocycles. The van der Waals surface area contributed by atoms with Gasteiger partial charge in [0.25, 0.3) is 0 Å². The Morgan fingerprint density at radius 2 is 1.85 bits per heavy atom. The molecule has 3 unspecified atom stereocenters. The quantitative estimate of drug-likeness (QED) is 0.881. The topological polar surface area (TPSA) is 66.6 Å². The van der Waals surface area contributed by atoms with Crippen molar-refractivity contribution in [2.45, 2.75) is 25.8 Å². The molecule has 3 atom stereocenters. The van der Waals surface area contributed by atoms with Crippen molar-refractivity contribution in [2.24, 2.45) is 17.6 Å². The third-order valence-corrected chi connectivity index (χ3v) is 4.09. The third kappa shape index (κ3) is 3.19. The highest BCUT2D eigenvalue weighted by Crippen LogP contribution is 2.26. The minimum atomic E-state index is -1.34. The largest absolute Gasteiger partial charge is 0.480 e. The number of hydrogen-bond acceptors (Lipinski definition) is 3. The zero-order valence-electron chi connectivity index (χ0n) is 12.2. The molecule has 1 aliphatic heterocycles. The highest BCUT2D eigenvalue weighted by atomic mass is 16.4. The summed E-state index contributed by atoms with van der Waals surface area (Å²) in [6.45, 7) is 6.63. The molecular formula is C16H24N2O2. The molecule has 1 aromatic rings. The number of aliphatic carboxylic acids is 1. The minimum Gasteiger partial charge on any atom is -0.480 e. The third-order valence-electron chi connectivity index (χ3n) is 4.09. The summed E-state index contributed by atoms with van der Waals surface area (Å²) < 4.78 is 0. The fraction of sp³-hybridized carbons (Fsp3) is 0.562. The summed E-state index contributed by atoms with van der Waals surface area (Å²) in [7, 11) is 0. The van der Waals surface area contributed by atoms with Gasteiger partial charge in [0.1, 0.15) is 0 Å². The number of carbonyl (C=O) groups is 1. The van der Waals surface area contributed by atoms with Crippen LogP contribution in [0.5, 0.6) is 0 Å². The van der Waals surface area contributed by atoms with Crippen molar-refractivity contribution in [1.29, 1.82) is 0 Å². The minimum absolute atomic E-state index is 0.362. The van der Waals surface area contributed by atoms with E-state index in [1.165, 1.54) is 6.42 Å². The van der Waals surface area contributed by atoms with Crippen LogP contribution in [0.15, 0.2) is 30.3 Å². The number of hydrogen-bond donors (Lipinski definition) is 2. The van der Waals surface area contributed by atoms with Crippen molar-refractivity contribution in [3.05, 3.63) is 35.9 Å². The van der Waals surface area contributed by atoms with Crippen LogP contribution in [0, 0.1) is 11.8 Å². The Labute approximate surface area is 120 Å². The summed E-state index contributed by atoms with van der Waals surface area (Å²) in [4.78, 5) is 13.9. The van der Waals surface area contributed by atoms with Crippen LogP contribution in [0.4, 0.5) is 0 Å². The molecule has 2 rings (SSSR count). The van der Waals surface area contributed by atoms with Crippen molar-refractivity contribution >= 4 is 5.97 Å². The molecule has 4 nitrogen and oxygen atoms in total. The highest BCUT2D eigenvalue weighted by Gasteiger charge is 2.39. The average Bonchev–Trinajstić information content (AvgIpc) is 2.38. The zero-order valence-corrected chi connectivity index (χ0v) is 12.2. The van der Waals surface area contributed by atoms with Gasteiger partial charge >= 0.3 is 5.97 Å². The van der Waals surface area contributed by atoms with E-state index in [2.05, 4.69) is 18.7 Å². The lowest BCUT2D eigenvalue weighted by atomic mass is 9.87. The number of benzene rings is 1. The number of nitrogens with zero attached hydrogens (tertiary/aromatic N) is 1. The van der Waals surface area contributed by atoms with Crippen LogP contribution in [-0.2, 0) is 10.3 Å². The summed E-state index contributed by atoms with van der Waals surface area (Å²) in [6.07, 6.45) is 1.20. The van der Waals surface area contributed by atoms with E-state index < -0.39 is 11.5 Å². The smallest absolute Gasteiger partial charge is 0.329 e. The molecule has 1 fully saturated rings. The summed E-state index contributed by atoms with van der Waals surface area (Å²) in [5.74, 6) is 0.217. The molecule has 0 aromatic heterocycles. The highest BCUT2D eigenvalue weighted by molar-refractivity contribution is 5.80. The molecule has 0 radical (unpaired) electrons. The molecule has 1 aliphatic rings. The fourth-order valence-electron chi connectivity index (χ4n) is 3.29. The van der Waals surface area contributed by atoms with Gasteiger partial charge in [-0.2, -0.15) is 0 Å². The van der Waals surface area contributed by atoms with Gasteiger partial charge in [-0.1, -0.05) is 44.2 Å². The number of carboxylic acid groups (broad SMARTS) is 1. The van der Waals surface area contributed by atoms with Crippen molar-refractivity contribution < 1.29 is 9.90 Å². The van der Waals surface area contributed by atoms with Crippen molar-refractivity contribution in [2.75, 3.05) is 19.6 Å². The maximum absolute atomic E-state index is 11.7. The lowest BCUT2D eigenvalue weighted by molar-refractivity contribution is -0.145. The van der Waals surface area contributed by atoms with E-state index in [-0.39, 0.29) is 0 Å². The molecule has 0 amide bonds. The van der Waals surface area contributed by atoms with Crippen LogP contribution in [-0.4, -0.2) is 35.6 Å². The van der Waals surface area contributed by atoms with Gasteiger partial charge < -0.3 is 15.7 Å². The Morgan fingerprint density at radius 3 is 2.35 bits per heavy atom. The number of carboxylic acids is 1. The number of rotatable bonds is 4. The van der Waals surface area contributed by atoms with Gasteiger partial charge in [0.15, 0.2) is 5.54 Å². The van der Waals surface area contributed by atoms with Gasteiger partial charge in [-0.05, 0) is 23.8 Å². The Bertz CT molecular complexity index is 453. The summed E-state index contributed by atoms with van der Waals surface area (Å²) in [5.41, 5.74) is 5.57. The second kappa shape index (κ2) is 5.94.